The minimum absolute atomic E-state index is 0.305. The number of ether oxygens (including phenoxy) is 1. The zero-order valence-electron chi connectivity index (χ0n) is 18.0. The topological polar surface area (TPSA) is 92.3 Å². The number of rotatable bonds is 7. The maximum atomic E-state index is 12.3. The Bertz CT molecular complexity index is 957. The largest absolute Gasteiger partial charge is 0.465 e. The summed E-state index contributed by atoms with van der Waals surface area (Å²) in [5.74, 6) is 3.11. The predicted octanol–water partition coefficient (Wildman–Crippen LogP) is 3.20. The zero-order chi connectivity index (χ0) is 21.8. The molecule has 4 heterocycles. The third-order valence-electron chi connectivity index (χ3n) is 6.09. The van der Waals surface area contributed by atoms with Crippen LogP contribution < -0.4 is 10.6 Å². The SMILES string of the molecule is C#Cc1cnc(Nc2cc(NC3CC4CCC(C3)N4CCC)c(C(=O)OC)cn2)cn1. The van der Waals surface area contributed by atoms with Crippen LogP contribution in [0.1, 0.15) is 55.1 Å². The molecule has 2 N–H and O–H groups in total. The van der Waals surface area contributed by atoms with E-state index in [1.165, 1.54) is 38.8 Å². The first-order chi connectivity index (χ1) is 15.1. The van der Waals surface area contributed by atoms with Crippen molar-refractivity contribution in [2.24, 2.45) is 0 Å². The molecule has 0 spiro atoms. The molecule has 0 saturated carbocycles. The molecule has 4 rings (SSSR count). The van der Waals surface area contributed by atoms with Gasteiger partial charge in [-0.2, -0.15) is 0 Å². The molecule has 0 aliphatic carbocycles. The molecule has 0 aromatic carbocycles. The Balaban J connectivity index is 1.53. The first-order valence-electron chi connectivity index (χ1n) is 10.8. The molecule has 2 aliphatic heterocycles. The van der Waals surface area contributed by atoms with E-state index >= 15 is 0 Å². The van der Waals surface area contributed by atoms with Crippen molar-refractivity contribution >= 4 is 23.3 Å². The minimum Gasteiger partial charge on any atom is -0.465 e. The summed E-state index contributed by atoms with van der Waals surface area (Å²) in [6.45, 7) is 3.40. The lowest BCUT2D eigenvalue weighted by Crippen LogP contribution is -2.47. The smallest absolute Gasteiger partial charge is 0.341 e. The molecule has 31 heavy (non-hydrogen) atoms. The van der Waals surface area contributed by atoms with Gasteiger partial charge in [-0.05, 0) is 44.6 Å². The summed E-state index contributed by atoms with van der Waals surface area (Å²) in [6, 6.07) is 3.35. The van der Waals surface area contributed by atoms with E-state index in [1.54, 1.807) is 6.20 Å². The number of hydrogen-bond acceptors (Lipinski definition) is 8. The van der Waals surface area contributed by atoms with Crippen LogP contribution in [0, 0.1) is 12.3 Å². The summed E-state index contributed by atoms with van der Waals surface area (Å²) in [6.07, 6.45) is 15.8. The molecular formula is C23H28N6O2. The maximum absolute atomic E-state index is 12.3. The fraction of sp³-hybridized carbons (Fsp3) is 0.478. The van der Waals surface area contributed by atoms with Gasteiger partial charge in [0, 0.05) is 30.4 Å². The monoisotopic (exact) mass is 420 g/mol. The van der Waals surface area contributed by atoms with Gasteiger partial charge in [0.1, 0.15) is 22.9 Å². The Morgan fingerprint density at radius 1 is 1.19 bits per heavy atom. The van der Waals surface area contributed by atoms with Gasteiger partial charge in [-0.25, -0.2) is 19.7 Å². The number of esters is 1. The van der Waals surface area contributed by atoms with E-state index in [2.05, 4.69) is 43.3 Å². The van der Waals surface area contributed by atoms with Gasteiger partial charge in [0.05, 0.1) is 25.2 Å². The number of hydrogen-bond donors (Lipinski definition) is 2. The van der Waals surface area contributed by atoms with Crippen molar-refractivity contribution < 1.29 is 9.53 Å². The number of anilines is 3. The molecule has 0 amide bonds. The van der Waals surface area contributed by atoms with Gasteiger partial charge in [-0.3, -0.25) is 4.90 Å². The first-order valence-corrected chi connectivity index (χ1v) is 10.8. The number of carbonyl (C=O) groups excluding carboxylic acids is 1. The van der Waals surface area contributed by atoms with E-state index in [-0.39, 0.29) is 0 Å². The zero-order valence-corrected chi connectivity index (χ0v) is 18.0. The molecule has 2 aliphatic rings. The van der Waals surface area contributed by atoms with Crippen LogP contribution in [0.25, 0.3) is 0 Å². The molecule has 2 fully saturated rings. The van der Waals surface area contributed by atoms with Crippen LogP contribution in [0.3, 0.4) is 0 Å². The van der Waals surface area contributed by atoms with Crippen LogP contribution in [-0.4, -0.2) is 57.6 Å². The van der Waals surface area contributed by atoms with Crippen molar-refractivity contribution in [3.8, 4) is 12.3 Å². The van der Waals surface area contributed by atoms with Crippen molar-refractivity contribution in [3.63, 3.8) is 0 Å². The lowest BCUT2D eigenvalue weighted by atomic mass is 9.96. The van der Waals surface area contributed by atoms with Gasteiger partial charge in [0.15, 0.2) is 0 Å². The lowest BCUT2D eigenvalue weighted by Gasteiger charge is -2.39. The number of aromatic nitrogens is 3. The highest BCUT2D eigenvalue weighted by Crippen LogP contribution is 2.37. The Morgan fingerprint density at radius 3 is 2.55 bits per heavy atom. The van der Waals surface area contributed by atoms with E-state index < -0.39 is 5.97 Å². The van der Waals surface area contributed by atoms with Crippen molar-refractivity contribution in [1.82, 2.24) is 19.9 Å². The van der Waals surface area contributed by atoms with Crippen molar-refractivity contribution in [2.75, 3.05) is 24.3 Å². The van der Waals surface area contributed by atoms with E-state index in [4.69, 9.17) is 11.2 Å². The van der Waals surface area contributed by atoms with E-state index in [0.29, 0.717) is 46.7 Å². The second-order valence-electron chi connectivity index (χ2n) is 8.10. The van der Waals surface area contributed by atoms with Crippen LogP contribution in [0.5, 0.6) is 0 Å². The molecule has 2 bridgehead atoms. The number of piperidine rings is 1. The molecule has 0 radical (unpaired) electrons. The quantitative estimate of drug-likeness (QED) is 0.521. The summed E-state index contributed by atoms with van der Waals surface area (Å²) in [5.41, 5.74) is 1.60. The highest BCUT2D eigenvalue weighted by atomic mass is 16.5. The molecule has 2 aromatic heterocycles. The van der Waals surface area contributed by atoms with Gasteiger partial charge in [-0.15, -0.1) is 6.42 Å². The summed E-state index contributed by atoms with van der Waals surface area (Å²) in [4.78, 5) is 27.7. The number of pyridine rings is 1. The minimum atomic E-state index is -0.411. The normalized spacial score (nSPS) is 22.5. The number of nitrogens with zero attached hydrogens (tertiary/aromatic N) is 4. The second-order valence-corrected chi connectivity index (χ2v) is 8.10. The second kappa shape index (κ2) is 9.31. The average molecular weight is 421 g/mol. The van der Waals surface area contributed by atoms with E-state index in [0.717, 1.165) is 19.4 Å². The molecular weight excluding hydrogens is 392 g/mol. The van der Waals surface area contributed by atoms with E-state index in [9.17, 15) is 4.79 Å². The Morgan fingerprint density at radius 2 is 1.94 bits per heavy atom. The standard InChI is InChI=1S/C23H28N6O2/c1-4-8-29-17-6-7-18(29)10-16(9-17)27-20-11-21(26-13-19(20)23(30)31-3)28-22-14-24-15(5-2)12-25-22/h2,11-14,16-18H,4,6-10H2,1,3H3,(H2,25,26,27,28). The summed E-state index contributed by atoms with van der Waals surface area (Å²) < 4.78 is 4.96. The van der Waals surface area contributed by atoms with Gasteiger partial charge < -0.3 is 15.4 Å². The van der Waals surface area contributed by atoms with Crippen molar-refractivity contribution in [2.45, 2.75) is 57.2 Å². The highest BCUT2D eigenvalue weighted by Gasteiger charge is 2.40. The molecule has 2 unspecified atom stereocenters. The molecule has 2 atom stereocenters. The Labute approximate surface area is 182 Å². The Hall–Kier alpha value is -3.18. The predicted molar refractivity (Wildman–Crippen MR) is 119 cm³/mol. The van der Waals surface area contributed by atoms with Crippen LogP contribution >= 0.6 is 0 Å². The van der Waals surface area contributed by atoms with Crippen LogP contribution in [0.15, 0.2) is 24.7 Å². The number of terminal acetylenes is 1. The fourth-order valence-electron chi connectivity index (χ4n) is 4.75. The summed E-state index contributed by atoms with van der Waals surface area (Å²) in [7, 11) is 1.38. The molecule has 2 aromatic rings. The molecule has 8 heteroatoms. The van der Waals surface area contributed by atoms with E-state index in [1.807, 2.05) is 6.07 Å². The average Bonchev–Trinajstić information content (AvgIpc) is 3.02. The number of nitrogens with one attached hydrogen (secondary N) is 2. The summed E-state index contributed by atoms with van der Waals surface area (Å²) >= 11 is 0. The lowest BCUT2D eigenvalue weighted by molar-refractivity contribution is 0.0601. The van der Waals surface area contributed by atoms with Crippen LogP contribution in [0.4, 0.5) is 17.3 Å². The van der Waals surface area contributed by atoms with Crippen LogP contribution in [-0.2, 0) is 4.74 Å². The first kappa shape index (κ1) is 21.1. The third kappa shape index (κ3) is 4.62. The van der Waals surface area contributed by atoms with Gasteiger partial charge in [0.2, 0.25) is 0 Å². The third-order valence-corrected chi connectivity index (χ3v) is 6.09. The summed E-state index contributed by atoms with van der Waals surface area (Å²) in [5, 5.41) is 6.72. The van der Waals surface area contributed by atoms with Crippen molar-refractivity contribution in [1.29, 1.82) is 0 Å². The Kier molecular flexibility index (Phi) is 6.33. The highest BCUT2D eigenvalue weighted by molar-refractivity contribution is 5.96. The van der Waals surface area contributed by atoms with Crippen LogP contribution in [0.2, 0.25) is 0 Å². The number of carbonyl (C=O) groups is 1. The van der Waals surface area contributed by atoms with Gasteiger partial charge >= 0.3 is 5.97 Å². The number of fused-ring (bicyclic) bond motifs is 2. The molecule has 2 saturated heterocycles. The van der Waals surface area contributed by atoms with Gasteiger partial charge in [0.25, 0.3) is 0 Å². The number of methoxy groups -OCH3 is 1. The molecule has 162 valence electrons. The van der Waals surface area contributed by atoms with Gasteiger partial charge in [-0.1, -0.05) is 6.92 Å². The molecule has 8 nitrogen and oxygen atoms in total. The fourth-order valence-corrected chi connectivity index (χ4v) is 4.75. The van der Waals surface area contributed by atoms with Crippen molar-refractivity contribution in [3.05, 3.63) is 35.9 Å². The maximum Gasteiger partial charge on any atom is 0.341 e.